The second-order valence-corrected chi connectivity index (χ2v) is 9.31. The molecule has 3 heterocycles. The Morgan fingerprint density at radius 1 is 0.971 bits per heavy atom. The van der Waals surface area contributed by atoms with Crippen LogP contribution in [0.3, 0.4) is 0 Å². The Kier molecular flexibility index (Phi) is 6.66. The van der Waals surface area contributed by atoms with E-state index >= 15 is 0 Å². The number of aromatic hydroxyl groups is 1. The normalized spacial score (nSPS) is 15.3. The summed E-state index contributed by atoms with van der Waals surface area (Å²) in [4.78, 5) is 18.5. The Hall–Kier alpha value is -3.48. The van der Waals surface area contributed by atoms with Gasteiger partial charge in [-0.2, -0.15) is 0 Å². The Labute approximate surface area is 209 Å². The summed E-state index contributed by atoms with van der Waals surface area (Å²) in [5, 5.41) is 11.7. The Morgan fingerprint density at radius 3 is 2.43 bits per heavy atom. The molecule has 5 rings (SSSR count). The summed E-state index contributed by atoms with van der Waals surface area (Å²) in [6, 6.07) is 22.8. The molecule has 0 unspecified atom stereocenters. The Balaban J connectivity index is 1.54. The number of rotatable bonds is 6. The van der Waals surface area contributed by atoms with E-state index in [1.54, 1.807) is 23.0 Å². The molecule has 4 aromatic rings. The fourth-order valence-electron chi connectivity index (χ4n) is 4.89. The second kappa shape index (κ2) is 10.0. The highest BCUT2D eigenvalue weighted by molar-refractivity contribution is 6.30. The molecule has 0 spiro atoms. The van der Waals surface area contributed by atoms with Gasteiger partial charge >= 0.3 is 0 Å². The van der Waals surface area contributed by atoms with Crippen LogP contribution in [0.1, 0.15) is 28.6 Å². The van der Waals surface area contributed by atoms with Crippen molar-refractivity contribution in [2.75, 3.05) is 31.1 Å². The van der Waals surface area contributed by atoms with Gasteiger partial charge in [-0.05, 0) is 55.0 Å². The number of para-hydroxylation sites is 1. The van der Waals surface area contributed by atoms with Crippen LogP contribution in [0.2, 0.25) is 5.02 Å². The van der Waals surface area contributed by atoms with E-state index in [2.05, 4.69) is 21.9 Å². The van der Waals surface area contributed by atoms with Gasteiger partial charge in [0.25, 0.3) is 5.56 Å². The van der Waals surface area contributed by atoms with E-state index in [1.165, 1.54) is 5.69 Å². The highest BCUT2D eigenvalue weighted by Gasteiger charge is 2.31. The molecule has 1 N–H and O–H groups in total. The molecule has 1 atom stereocenters. The molecule has 0 bridgehead atoms. The summed E-state index contributed by atoms with van der Waals surface area (Å²) >= 11 is 6.36. The zero-order chi connectivity index (χ0) is 24.4. The SMILES string of the molecule is Cc1cc(O)c([C@H](c2cccc(Cl)c2)N2CCN(c3ccccc3)CC2)c(=O)n1Cc1ccco1. The minimum atomic E-state index is -0.428. The van der Waals surface area contributed by atoms with Crippen LogP contribution in [0.25, 0.3) is 0 Å². The number of aromatic nitrogens is 1. The summed E-state index contributed by atoms with van der Waals surface area (Å²) in [7, 11) is 0. The van der Waals surface area contributed by atoms with Gasteiger partial charge in [0.2, 0.25) is 0 Å². The van der Waals surface area contributed by atoms with Crippen molar-refractivity contribution in [3.05, 3.63) is 117 Å². The van der Waals surface area contributed by atoms with Crippen molar-refractivity contribution in [3.8, 4) is 5.75 Å². The van der Waals surface area contributed by atoms with Crippen LogP contribution in [0.15, 0.2) is 88.3 Å². The molecule has 7 heteroatoms. The van der Waals surface area contributed by atoms with E-state index in [-0.39, 0.29) is 11.3 Å². The highest BCUT2D eigenvalue weighted by atomic mass is 35.5. The number of benzene rings is 2. The second-order valence-electron chi connectivity index (χ2n) is 8.87. The molecule has 0 saturated carbocycles. The van der Waals surface area contributed by atoms with Crippen molar-refractivity contribution in [2.45, 2.75) is 19.5 Å². The summed E-state index contributed by atoms with van der Waals surface area (Å²) in [5.41, 5.74) is 2.87. The van der Waals surface area contributed by atoms with Crippen molar-refractivity contribution >= 4 is 17.3 Å². The molecule has 6 nitrogen and oxygen atoms in total. The minimum absolute atomic E-state index is 0.00124. The van der Waals surface area contributed by atoms with Crippen LogP contribution in [-0.2, 0) is 6.54 Å². The number of hydrogen-bond donors (Lipinski definition) is 1. The van der Waals surface area contributed by atoms with Gasteiger partial charge in [0.15, 0.2) is 0 Å². The number of aryl methyl sites for hydroxylation is 1. The van der Waals surface area contributed by atoms with Gasteiger partial charge in [-0.15, -0.1) is 0 Å². The van der Waals surface area contributed by atoms with Gasteiger partial charge in [-0.1, -0.05) is 41.9 Å². The third-order valence-corrected chi connectivity index (χ3v) is 6.89. The van der Waals surface area contributed by atoms with Crippen molar-refractivity contribution in [2.24, 2.45) is 0 Å². The fraction of sp³-hybridized carbons (Fsp3) is 0.250. The summed E-state index contributed by atoms with van der Waals surface area (Å²) in [6.07, 6.45) is 1.60. The zero-order valence-corrected chi connectivity index (χ0v) is 20.4. The lowest BCUT2D eigenvalue weighted by Crippen LogP contribution is -2.49. The van der Waals surface area contributed by atoms with Crippen molar-refractivity contribution in [1.29, 1.82) is 0 Å². The Bertz CT molecular complexity index is 1340. The molecule has 1 aliphatic heterocycles. The van der Waals surface area contributed by atoms with E-state index in [9.17, 15) is 9.90 Å². The molecular formula is C28H28ClN3O3. The molecule has 180 valence electrons. The van der Waals surface area contributed by atoms with E-state index in [0.717, 1.165) is 31.7 Å². The smallest absolute Gasteiger partial charge is 0.260 e. The predicted molar refractivity (Wildman–Crippen MR) is 138 cm³/mol. The van der Waals surface area contributed by atoms with E-state index < -0.39 is 6.04 Å². The van der Waals surface area contributed by atoms with Crippen LogP contribution in [0, 0.1) is 6.92 Å². The maximum Gasteiger partial charge on any atom is 0.260 e. The van der Waals surface area contributed by atoms with Crippen LogP contribution < -0.4 is 10.5 Å². The van der Waals surface area contributed by atoms with Gasteiger partial charge in [-0.25, -0.2) is 0 Å². The molecule has 1 saturated heterocycles. The third kappa shape index (κ3) is 4.85. The van der Waals surface area contributed by atoms with Crippen molar-refractivity contribution in [3.63, 3.8) is 0 Å². The van der Waals surface area contributed by atoms with Gasteiger partial charge in [0.1, 0.15) is 11.5 Å². The quantitative estimate of drug-likeness (QED) is 0.410. The van der Waals surface area contributed by atoms with E-state index in [0.29, 0.717) is 28.6 Å². The lowest BCUT2D eigenvalue weighted by atomic mass is 9.96. The summed E-state index contributed by atoms with van der Waals surface area (Å²) in [5.74, 6) is 0.682. The maximum absolute atomic E-state index is 13.9. The van der Waals surface area contributed by atoms with Crippen LogP contribution in [-0.4, -0.2) is 40.8 Å². The topological polar surface area (TPSA) is 61.9 Å². The fourth-order valence-corrected chi connectivity index (χ4v) is 5.09. The van der Waals surface area contributed by atoms with Crippen LogP contribution in [0.5, 0.6) is 5.75 Å². The lowest BCUT2D eigenvalue weighted by Gasteiger charge is -2.40. The summed E-state index contributed by atoms with van der Waals surface area (Å²) in [6.45, 7) is 5.21. The average molecular weight is 490 g/mol. The van der Waals surface area contributed by atoms with Crippen LogP contribution in [0.4, 0.5) is 5.69 Å². The largest absolute Gasteiger partial charge is 0.507 e. The number of pyridine rings is 1. The minimum Gasteiger partial charge on any atom is -0.507 e. The van der Waals surface area contributed by atoms with Gasteiger partial charge in [0, 0.05) is 42.6 Å². The zero-order valence-electron chi connectivity index (χ0n) is 19.6. The molecule has 0 radical (unpaired) electrons. The number of piperazine rings is 1. The summed E-state index contributed by atoms with van der Waals surface area (Å²) < 4.78 is 7.15. The Morgan fingerprint density at radius 2 is 1.74 bits per heavy atom. The molecule has 1 fully saturated rings. The molecule has 0 amide bonds. The molecule has 2 aromatic heterocycles. The monoisotopic (exact) mass is 489 g/mol. The predicted octanol–water partition coefficient (Wildman–Crippen LogP) is 5.07. The average Bonchev–Trinajstić information content (AvgIpc) is 3.38. The number of furan rings is 1. The molecular weight excluding hydrogens is 462 g/mol. The third-order valence-electron chi connectivity index (χ3n) is 6.66. The van der Waals surface area contributed by atoms with E-state index in [4.69, 9.17) is 16.0 Å². The lowest BCUT2D eigenvalue weighted by molar-refractivity contribution is 0.207. The van der Waals surface area contributed by atoms with Crippen LogP contribution >= 0.6 is 11.6 Å². The first-order chi connectivity index (χ1) is 17.0. The first-order valence-corrected chi connectivity index (χ1v) is 12.1. The van der Waals surface area contributed by atoms with Gasteiger partial charge in [0.05, 0.1) is 24.4 Å². The van der Waals surface area contributed by atoms with Gasteiger partial charge in [-0.3, -0.25) is 9.69 Å². The molecule has 2 aromatic carbocycles. The highest BCUT2D eigenvalue weighted by Crippen LogP contribution is 2.34. The van der Waals surface area contributed by atoms with Crippen molar-refractivity contribution in [1.82, 2.24) is 9.47 Å². The first kappa shape index (κ1) is 23.3. The first-order valence-electron chi connectivity index (χ1n) is 11.8. The number of hydrogen-bond acceptors (Lipinski definition) is 5. The maximum atomic E-state index is 13.9. The number of nitrogens with zero attached hydrogens (tertiary/aromatic N) is 3. The molecule has 35 heavy (non-hydrogen) atoms. The standard InChI is InChI=1S/C28H28ClN3O3/c1-20-17-25(33)26(28(34)32(20)19-24-11-6-16-35-24)27(21-7-5-8-22(29)18-21)31-14-12-30(13-15-31)23-9-3-2-4-10-23/h2-11,16-18,27,33H,12-15,19H2,1H3/t27-/m0/s1. The molecule has 0 aliphatic carbocycles. The number of halogens is 1. The van der Waals surface area contributed by atoms with Gasteiger partial charge < -0.3 is 19.0 Å². The van der Waals surface area contributed by atoms with Crippen molar-refractivity contribution < 1.29 is 9.52 Å². The molecule has 1 aliphatic rings. The van der Waals surface area contributed by atoms with E-state index in [1.807, 2.05) is 55.5 Å². The number of anilines is 1.